The molecule has 48 heavy (non-hydrogen) atoms. The molecule has 1 saturated carbocycles. The third-order valence-electron chi connectivity index (χ3n) is 7.39. The van der Waals surface area contributed by atoms with Gasteiger partial charge in [0.1, 0.15) is 17.0 Å². The lowest BCUT2D eigenvalue weighted by atomic mass is 9.90. The van der Waals surface area contributed by atoms with E-state index in [9.17, 15) is 26.7 Å². The van der Waals surface area contributed by atoms with Crippen LogP contribution in [0.5, 0.6) is 6.01 Å². The average Bonchev–Trinajstić information content (AvgIpc) is 3.47. The Bertz CT molecular complexity index is 1690. The molecule has 1 aliphatic rings. The highest BCUT2D eigenvalue weighted by molar-refractivity contribution is 6.33. The number of anilines is 2. The van der Waals surface area contributed by atoms with Gasteiger partial charge in [-0.05, 0) is 25.7 Å². The summed E-state index contributed by atoms with van der Waals surface area (Å²) in [6.45, 7) is -2.57. The average molecular weight is 698 g/mol. The third kappa shape index (κ3) is 8.01. The van der Waals surface area contributed by atoms with Crippen molar-refractivity contribution in [2.75, 3.05) is 37.6 Å². The van der Waals surface area contributed by atoms with Crippen molar-refractivity contribution < 1.29 is 36.2 Å². The summed E-state index contributed by atoms with van der Waals surface area (Å²) in [7, 11) is 2.96. The summed E-state index contributed by atoms with van der Waals surface area (Å²) in [4.78, 5) is 39.7. The maximum absolute atomic E-state index is 13.8. The van der Waals surface area contributed by atoms with Crippen LogP contribution in [-0.2, 0) is 10.9 Å². The first kappa shape index (κ1) is 34.6. The Labute approximate surface area is 275 Å². The first-order valence-electron chi connectivity index (χ1n) is 14.5. The van der Waals surface area contributed by atoms with Crippen LogP contribution in [0.2, 0.25) is 5.02 Å². The van der Waals surface area contributed by atoms with Gasteiger partial charge < -0.3 is 20.1 Å². The van der Waals surface area contributed by atoms with Crippen molar-refractivity contribution in [3.05, 3.63) is 47.8 Å². The van der Waals surface area contributed by atoms with Gasteiger partial charge in [-0.2, -0.15) is 27.1 Å². The highest BCUT2D eigenvalue weighted by Gasteiger charge is 2.38. The molecule has 0 atom stereocenters. The molecule has 0 aliphatic heterocycles. The molecule has 5 rings (SSSR count). The lowest BCUT2D eigenvalue weighted by molar-refractivity contribution is -0.137. The smallest absolute Gasteiger partial charge is 0.420 e. The monoisotopic (exact) mass is 697 g/mol. The van der Waals surface area contributed by atoms with Crippen LogP contribution in [0.25, 0.3) is 22.6 Å². The van der Waals surface area contributed by atoms with E-state index in [0.29, 0.717) is 55.6 Å². The van der Waals surface area contributed by atoms with Crippen molar-refractivity contribution in [3.63, 3.8) is 0 Å². The number of aromatic nitrogens is 8. The molecule has 14 nitrogen and oxygen atoms in total. The summed E-state index contributed by atoms with van der Waals surface area (Å²) >= 11 is 5.97. The zero-order valence-corrected chi connectivity index (χ0v) is 26.2. The molecule has 4 aromatic heterocycles. The molecular weight excluding hydrogens is 669 g/mol. The summed E-state index contributed by atoms with van der Waals surface area (Å²) in [6, 6.07) is -0.809. The molecule has 20 heteroatoms. The number of halogens is 6. The lowest BCUT2D eigenvalue weighted by Crippen LogP contribution is -2.49. The minimum absolute atomic E-state index is 0.150. The summed E-state index contributed by atoms with van der Waals surface area (Å²) in [5, 5.41) is 8.92. The number of nitrogens with zero attached hydrogens (tertiary/aromatic N) is 9. The molecule has 1 aliphatic carbocycles. The van der Waals surface area contributed by atoms with E-state index in [1.807, 2.05) is 0 Å². The lowest BCUT2D eigenvalue weighted by Gasteiger charge is -2.36. The van der Waals surface area contributed by atoms with E-state index in [1.165, 1.54) is 43.9 Å². The SMILES string of the molecule is COCCNC(=O)N(c1cnc(-c2cnc(OC)nc2)cn1)[C@H]1CC[C@H](Nc2ncc(C(F)(F)F)c(-c3nn(C(F)F)cc3Cl)n2)CC1. The number of nitrogens with one attached hydrogen (secondary N) is 2. The molecule has 0 bridgehead atoms. The predicted octanol–water partition coefficient (Wildman–Crippen LogP) is 5.25. The first-order chi connectivity index (χ1) is 23.0. The number of carbonyl (C=O) groups is 1. The number of methoxy groups -OCH3 is 2. The number of hydrogen-bond donors (Lipinski definition) is 2. The van der Waals surface area contributed by atoms with Gasteiger partial charge in [0, 0.05) is 49.9 Å². The van der Waals surface area contributed by atoms with Crippen molar-refractivity contribution in [3.8, 4) is 28.7 Å². The van der Waals surface area contributed by atoms with E-state index in [2.05, 4.69) is 45.6 Å². The Morgan fingerprint density at radius 2 is 1.75 bits per heavy atom. The van der Waals surface area contributed by atoms with Crippen molar-refractivity contribution in [2.24, 2.45) is 0 Å². The van der Waals surface area contributed by atoms with Gasteiger partial charge >= 0.3 is 24.8 Å². The minimum Gasteiger partial charge on any atom is -0.467 e. The molecule has 0 spiro atoms. The number of ether oxygens (including phenoxy) is 2. The van der Waals surface area contributed by atoms with Gasteiger partial charge in [0.25, 0.3) is 0 Å². The fourth-order valence-corrected chi connectivity index (χ4v) is 5.31. The van der Waals surface area contributed by atoms with Gasteiger partial charge in [0.05, 0.1) is 43.0 Å². The van der Waals surface area contributed by atoms with E-state index in [0.717, 1.165) is 6.20 Å². The van der Waals surface area contributed by atoms with Gasteiger partial charge in [-0.25, -0.2) is 34.4 Å². The van der Waals surface area contributed by atoms with Crippen LogP contribution in [-0.4, -0.2) is 85.2 Å². The number of urea groups is 1. The molecule has 0 aromatic carbocycles. The van der Waals surface area contributed by atoms with Gasteiger partial charge in [-0.3, -0.25) is 9.88 Å². The number of carbonyl (C=O) groups excluding carboxylic acids is 1. The third-order valence-corrected chi connectivity index (χ3v) is 7.67. The van der Waals surface area contributed by atoms with Gasteiger partial charge in [-0.1, -0.05) is 11.6 Å². The Kier molecular flexibility index (Phi) is 10.8. The van der Waals surface area contributed by atoms with Crippen LogP contribution >= 0.6 is 11.6 Å². The fourth-order valence-electron chi connectivity index (χ4n) is 5.08. The molecule has 0 unspecified atom stereocenters. The number of rotatable bonds is 11. The molecule has 0 radical (unpaired) electrons. The van der Waals surface area contributed by atoms with Crippen molar-refractivity contribution in [1.29, 1.82) is 0 Å². The molecule has 2 N–H and O–H groups in total. The fraction of sp³-hybridized carbons (Fsp3) is 0.429. The largest absolute Gasteiger partial charge is 0.467 e. The van der Waals surface area contributed by atoms with Crippen LogP contribution in [0.4, 0.5) is 38.5 Å². The second-order valence-corrected chi connectivity index (χ2v) is 10.9. The molecule has 4 heterocycles. The predicted molar refractivity (Wildman–Crippen MR) is 162 cm³/mol. The second kappa shape index (κ2) is 15.0. The first-order valence-corrected chi connectivity index (χ1v) is 14.8. The van der Waals surface area contributed by atoms with Crippen LogP contribution < -0.4 is 20.3 Å². The van der Waals surface area contributed by atoms with Gasteiger partial charge in [0.2, 0.25) is 5.95 Å². The Hall–Kier alpha value is -4.78. The van der Waals surface area contributed by atoms with E-state index in [-0.39, 0.29) is 35.3 Å². The topological polar surface area (TPSA) is 158 Å². The van der Waals surface area contributed by atoms with Crippen molar-refractivity contribution in [2.45, 2.75) is 50.5 Å². The molecule has 4 aromatic rings. The van der Waals surface area contributed by atoms with Crippen molar-refractivity contribution >= 4 is 29.4 Å². The molecule has 1 fully saturated rings. The Morgan fingerprint density at radius 3 is 2.33 bits per heavy atom. The zero-order chi connectivity index (χ0) is 34.4. The van der Waals surface area contributed by atoms with Crippen LogP contribution in [0.1, 0.15) is 37.8 Å². The summed E-state index contributed by atoms with van der Waals surface area (Å²) in [5.74, 6) is 0.137. The maximum Gasteiger partial charge on any atom is 0.420 e. The summed E-state index contributed by atoms with van der Waals surface area (Å²) in [5.41, 5.74) is -1.50. The highest BCUT2D eigenvalue weighted by Crippen LogP contribution is 2.38. The molecule has 2 amide bonds. The number of hydrogen-bond acceptors (Lipinski definition) is 11. The molecule has 256 valence electrons. The second-order valence-electron chi connectivity index (χ2n) is 10.5. The zero-order valence-electron chi connectivity index (χ0n) is 25.5. The quantitative estimate of drug-likeness (QED) is 0.156. The standard InChI is InChI=1S/C28H29ClF5N11O3/c1-47-8-7-35-27(46)45(21-13-36-20(12-37-21)15-9-39-26(48-2)40-10-15)17-5-3-16(4-6-17)41-25-38-11-18(28(32,33)34)22(42-25)23-19(29)14-44(43-23)24(30)31/h9-14,16-17,24H,3-8H2,1-2H3,(H,35,46)(H,38,41,42)/t16-,17-. The normalized spacial score (nSPS) is 16.5. The van der Waals surface area contributed by atoms with Gasteiger partial charge in [0.15, 0.2) is 5.82 Å². The number of alkyl halides is 5. The minimum atomic E-state index is -4.90. The summed E-state index contributed by atoms with van der Waals surface area (Å²) in [6.07, 6.45) is 4.31. The van der Waals surface area contributed by atoms with E-state index >= 15 is 0 Å². The molecular formula is C28H29ClF5N11O3. The molecule has 0 saturated heterocycles. The Morgan fingerprint density at radius 1 is 1.02 bits per heavy atom. The highest BCUT2D eigenvalue weighted by atomic mass is 35.5. The van der Waals surface area contributed by atoms with Crippen LogP contribution in [0.3, 0.4) is 0 Å². The maximum atomic E-state index is 13.8. The van der Waals surface area contributed by atoms with Gasteiger partial charge in [-0.15, -0.1) is 0 Å². The van der Waals surface area contributed by atoms with Crippen LogP contribution in [0.15, 0.2) is 37.2 Å². The summed E-state index contributed by atoms with van der Waals surface area (Å²) < 4.78 is 77.9. The van der Waals surface area contributed by atoms with E-state index in [1.54, 1.807) is 0 Å². The van der Waals surface area contributed by atoms with E-state index in [4.69, 9.17) is 21.1 Å². The van der Waals surface area contributed by atoms with Crippen molar-refractivity contribution in [1.82, 2.24) is 45.0 Å². The van der Waals surface area contributed by atoms with Crippen LogP contribution in [0, 0.1) is 0 Å². The van der Waals surface area contributed by atoms with E-state index < -0.39 is 40.7 Å². The Balaban J connectivity index is 1.32. The number of amides is 2.